The number of benzene rings is 2. The van der Waals surface area contributed by atoms with E-state index in [0.29, 0.717) is 56.8 Å². The Morgan fingerprint density at radius 3 is 2.26 bits per heavy atom. The minimum atomic E-state index is -1.60. The van der Waals surface area contributed by atoms with Gasteiger partial charge in [0.15, 0.2) is 5.78 Å². The summed E-state index contributed by atoms with van der Waals surface area (Å²) in [7, 11) is 1.92. The van der Waals surface area contributed by atoms with Crippen LogP contribution >= 0.6 is 0 Å². The zero-order chi connectivity index (χ0) is 44.6. The number of amides is 7. The maximum atomic E-state index is 14.3. The van der Waals surface area contributed by atoms with E-state index in [4.69, 9.17) is 0 Å². The maximum Gasteiger partial charge on any atom is 0.319 e. The van der Waals surface area contributed by atoms with Crippen molar-refractivity contribution >= 4 is 52.7 Å². The van der Waals surface area contributed by atoms with Gasteiger partial charge in [0.1, 0.15) is 47.4 Å². The molecule has 334 valence electrons. The van der Waals surface area contributed by atoms with Crippen LogP contribution in [-0.2, 0) is 41.6 Å². The molecule has 4 fully saturated rings. The van der Waals surface area contributed by atoms with E-state index < -0.39 is 83.1 Å². The van der Waals surface area contributed by atoms with Gasteiger partial charge in [0.2, 0.25) is 29.5 Å². The second kappa shape index (κ2) is 18.0. The van der Waals surface area contributed by atoms with E-state index in [0.717, 1.165) is 36.3 Å². The highest BCUT2D eigenvalue weighted by molar-refractivity contribution is 6.09. The van der Waals surface area contributed by atoms with Crippen molar-refractivity contribution in [3.05, 3.63) is 59.2 Å². The number of urea groups is 1. The van der Waals surface area contributed by atoms with Crippen LogP contribution in [0.5, 0.6) is 0 Å². The number of nitrogens with one attached hydrogen (secondary N) is 4. The number of halogens is 2. The van der Waals surface area contributed by atoms with Gasteiger partial charge in [0.25, 0.3) is 0 Å². The molecular formula is C44H56F2N8O8. The van der Waals surface area contributed by atoms with E-state index in [9.17, 15) is 47.4 Å². The van der Waals surface area contributed by atoms with Crippen molar-refractivity contribution in [2.75, 3.05) is 43.4 Å². The molecule has 0 unspecified atom stereocenters. The van der Waals surface area contributed by atoms with Gasteiger partial charge in [-0.3, -0.25) is 28.8 Å². The molecule has 1 saturated carbocycles. The predicted molar refractivity (Wildman–Crippen MR) is 223 cm³/mol. The molecule has 0 aromatic heterocycles. The zero-order valence-corrected chi connectivity index (χ0v) is 35.5. The molecule has 8 atom stereocenters. The fraction of sp³-hybridized carbons (Fsp3) is 0.568. The average molecular weight is 863 g/mol. The molecule has 2 aromatic carbocycles. The fourth-order valence-corrected chi connectivity index (χ4v) is 9.68. The molecule has 3 saturated heterocycles. The molecule has 1 spiro atoms. The van der Waals surface area contributed by atoms with Crippen LogP contribution in [0.2, 0.25) is 0 Å². The summed E-state index contributed by atoms with van der Waals surface area (Å²) in [6, 6.07) is 1.32. The van der Waals surface area contributed by atoms with Crippen molar-refractivity contribution < 1.29 is 47.4 Å². The number of hydrogen-bond donors (Lipinski definition) is 5. The van der Waals surface area contributed by atoms with Crippen molar-refractivity contribution in [1.29, 1.82) is 0 Å². The lowest BCUT2D eigenvalue weighted by molar-refractivity contribution is -0.152. The van der Waals surface area contributed by atoms with Gasteiger partial charge in [-0.15, -0.1) is 0 Å². The quantitative estimate of drug-likeness (QED) is 0.212. The van der Waals surface area contributed by atoms with Crippen LogP contribution in [0.3, 0.4) is 0 Å². The number of carbonyl (C=O) groups excluding carboxylic acids is 7. The number of likely N-dealkylation sites (tertiary alicyclic amines) is 3. The van der Waals surface area contributed by atoms with Crippen molar-refractivity contribution in [3.63, 3.8) is 0 Å². The first-order valence-corrected chi connectivity index (χ1v) is 21.6. The fourth-order valence-electron chi connectivity index (χ4n) is 9.68. The van der Waals surface area contributed by atoms with E-state index in [1.807, 2.05) is 24.9 Å². The van der Waals surface area contributed by atoms with Crippen molar-refractivity contribution in [2.24, 2.45) is 5.92 Å². The summed E-state index contributed by atoms with van der Waals surface area (Å²) in [5, 5.41) is 21.5. The van der Waals surface area contributed by atoms with Gasteiger partial charge in [-0.1, -0.05) is 13.0 Å². The van der Waals surface area contributed by atoms with E-state index in [1.165, 1.54) is 16.7 Å². The molecule has 18 heteroatoms. The van der Waals surface area contributed by atoms with Crippen LogP contribution in [0.15, 0.2) is 36.4 Å². The lowest BCUT2D eigenvalue weighted by Crippen LogP contribution is -2.62. The monoisotopic (exact) mass is 862 g/mol. The first-order valence-electron chi connectivity index (χ1n) is 21.6. The molecule has 7 rings (SSSR count). The minimum absolute atomic E-state index is 0.0183. The first-order chi connectivity index (χ1) is 29.4. The molecule has 0 bridgehead atoms. The average Bonchev–Trinajstić information content (AvgIpc) is 3.58. The summed E-state index contributed by atoms with van der Waals surface area (Å²) in [4.78, 5) is 102. The number of likely N-dealkylation sites (N-methyl/N-ethyl adjacent to an activating group) is 1. The Morgan fingerprint density at radius 2 is 1.56 bits per heavy atom. The summed E-state index contributed by atoms with van der Waals surface area (Å²) in [5.74, 6) is -4.68. The number of Topliss-reactive ketones (excluding diaryl/α,β-unsaturated/α-hetero) is 1. The summed E-state index contributed by atoms with van der Waals surface area (Å²) < 4.78 is 28.5. The van der Waals surface area contributed by atoms with Gasteiger partial charge in [-0.25, -0.2) is 13.6 Å². The third-order valence-corrected chi connectivity index (χ3v) is 12.9. The predicted octanol–water partition coefficient (Wildman–Crippen LogP) is 2.01. The molecule has 62 heavy (non-hydrogen) atoms. The van der Waals surface area contributed by atoms with Crippen LogP contribution < -0.4 is 26.2 Å². The van der Waals surface area contributed by atoms with Crippen LogP contribution in [0.25, 0.3) is 0 Å². The number of hydrogen-bond acceptors (Lipinski definition) is 9. The number of ketones is 1. The van der Waals surface area contributed by atoms with E-state index in [2.05, 4.69) is 21.3 Å². The number of rotatable bonds is 12. The van der Waals surface area contributed by atoms with Crippen LogP contribution in [0.1, 0.15) is 76.8 Å². The Balaban J connectivity index is 1.03. The number of nitrogens with zero attached hydrogens (tertiary/aromatic N) is 4. The van der Waals surface area contributed by atoms with Crippen LogP contribution in [0.4, 0.5) is 25.0 Å². The summed E-state index contributed by atoms with van der Waals surface area (Å²) in [6.07, 6.45) is 2.14. The lowest BCUT2D eigenvalue weighted by atomic mass is 9.99. The van der Waals surface area contributed by atoms with Gasteiger partial charge in [0, 0.05) is 63.5 Å². The maximum absolute atomic E-state index is 14.3. The van der Waals surface area contributed by atoms with Gasteiger partial charge >= 0.3 is 6.03 Å². The molecule has 4 aliphatic heterocycles. The van der Waals surface area contributed by atoms with Crippen LogP contribution in [-0.4, -0.2) is 136 Å². The second-order valence-corrected chi connectivity index (χ2v) is 17.7. The molecular weight excluding hydrogens is 807 g/mol. The van der Waals surface area contributed by atoms with Gasteiger partial charge < -0.3 is 46.0 Å². The number of piperidine rings is 1. The molecule has 5 aliphatic rings. The minimum Gasteiger partial charge on any atom is -0.391 e. The highest BCUT2D eigenvalue weighted by Gasteiger charge is 2.63. The standard InChI is InChI=1S/C44H56F2N8O8/c1-24-21-44(22-36(44)56)54(23-24)40(59)25(2)47-39(58)33-8-5-6-13-52(33)41(60)34-9-7-14-53(34)42(61)37(26(3)55)50-38(57)32(18-27-16-29(45)19-30(46)17-27)49-43(62)48-31-11-10-28-12-15-51(4)35(28)20-31/h10-11,16-17,19-20,24-26,32-34,37,55H,5-9,12-15,18,21-23H2,1-4H3,(H,47,58)(H,50,57)(H2,48,49,62)/t24-,25+,26+,32+,33+,34+,37+,44-/m1/s1. The summed E-state index contributed by atoms with van der Waals surface area (Å²) in [6.45, 7) is 6.41. The summed E-state index contributed by atoms with van der Waals surface area (Å²) in [5.41, 5.74) is 1.74. The SMILES string of the molecule is C[C@H]1CN(C(=O)[C@H](C)NC(=O)[C@@H]2CCCCN2C(=O)[C@@H]2CCCN2C(=O)[C@@H](NC(=O)[C@H](Cc2cc(F)cc(F)c2)NC(=O)Nc2ccc3c(c2)N(C)CC3)[C@H](C)O)[C@@]2(CC2=O)C1. The molecule has 1 aliphatic carbocycles. The Morgan fingerprint density at radius 1 is 0.871 bits per heavy atom. The number of aliphatic hydroxyl groups is 1. The molecule has 16 nitrogen and oxygen atoms in total. The third kappa shape index (κ3) is 9.25. The Labute approximate surface area is 359 Å². The van der Waals surface area contributed by atoms with Crippen molar-refractivity contribution in [3.8, 4) is 0 Å². The molecule has 4 heterocycles. The number of aliphatic hydroxyl groups excluding tert-OH is 1. The Bertz CT molecular complexity index is 2120. The molecule has 5 N–H and O–H groups in total. The largest absolute Gasteiger partial charge is 0.391 e. The van der Waals surface area contributed by atoms with E-state index in [1.54, 1.807) is 24.0 Å². The Kier molecular flexibility index (Phi) is 12.9. The number of anilines is 2. The van der Waals surface area contributed by atoms with Gasteiger partial charge in [-0.05, 0) is 100 Å². The molecule has 0 radical (unpaired) electrons. The highest BCUT2D eigenvalue weighted by atomic mass is 19.1. The normalized spacial score (nSPS) is 24.9. The third-order valence-electron chi connectivity index (χ3n) is 12.9. The smallest absolute Gasteiger partial charge is 0.319 e. The van der Waals surface area contributed by atoms with Crippen molar-refractivity contribution in [2.45, 2.75) is 120 Å². The van der Waals surface area contributed by atoms with Crippen molar-refractivity contribution in [1.82, 2.24) is 30.7 Å². The zero-order valence-electron chi connectivity index (χ0n) is 35.5. The molecule has 7 amide bonds. The number of fused-ring (bicyclic) bond motifs is 1. The van der Waals surface area contributed by atoms with Crippen LogP contribution in [0, 0.1) is 17.6 Å². The van der Waals surface area contributed by atoms with Gasteiger partial charge in [-0.2, -0.15) is 0 Å². The first kappa shape index (κ1) is 44.4. The highest BCUT2D eigenvalue weighted by Crippen LogP contribution is 2.48. The van der Waals surface area contributed by atoms with E-state index >= 15 is 0 Å². The molecule has 2 aromatic rings. The summed E-state index contributed by atoms with van der Waals surface area (Å²) >= 11 is 0. The topological polar surface area (TPSA) is 201 Å². The lowest BCUT2D eigenvalue weighted by Gasteiger charge is -2.39. The van der Waals surface area contributed by atoms with Gasteiger partial charge in [0.05, 0.1) is 6.10 Å². The van der Waals surface area contributed by atoms with E-state index in [-0.39, 0.29) is 49.1 Å². The second-order valence-electron chi connectivity index (χ2n) is 17.7. The number of carbonyl (C=O) groups is 7. The Hall–Kier alpha value is -5.65.